The molecule has 0 aliphatic heterocycles. The lowest BCUT2D eigenvalue weighted by atomic mass is 10.2. The zero-order valence-electron chi connectivity index (χ0n) is 11.6. The van der Waals surface area contributed by atoms with Crippen LogP contribution in [-0.2, 0) is 39.6 Å². The van der Waals surface area contributed by atoms with E-state index in [2.05, 4.69) is 25.8 Å². The van der Waals surface area contributed by atoms with Crippen molar-refractivity contribution in [1.82, 2.24) is 9.78 Å². The molecule has 2 unspecified atom stereocenters. The number of hydrogen-bond acceptors (Lipinski definition) is 4. The molecule has 0 bridgehead atoms. The summed E-state index contributed by atoms with van der Waals surface area (Å²) in [5.41, 5.74) is 1.85. The first-order valence-corrected chi connectivity index (χ1v) is 8.31. The van der Waals surface area contributed by atoms with Crippen LogP contribution in [0.3, 0.4) is 0 Å². The van der Waals surface area contributed by atoms with Gasteiger partial charge >= 0.3 is 5.97 Å². The zero-order chi connectivity index (χ0) is 14.6. The Hall–Kier alpha value is -0.690. The molecule has 0 spiro atoms. The highest BCUT2D eigenvalue weighted by Gasteiger charge is 2.20. The van der Waals surface area contributed by atoms with E-state index >= 15 is 0 Å². The highest BCUT2D eigenvalue weighted by atomic mass is 79.9. The molecule has 0 saturated heterocycles. The van der Waals surface area contributed by atoms with E-state index in [9.17, 15) is 9.00 Å². The van der Waals surface area contributed by atoms with Crippen LogP contribution in [0.15, 0.2) is 4.47 Å². The van der Waals surface area contributed by atoms with Crippen LogP contribution in [0.5, 0.6) is 0 Å². The van der Waals surface area contributed by atoms with Crippen molar-refractivity contribution in [2.75, 3.05) is 12.9 Å². The smallest absolute Gasteiger partial charge is 0.309 e. The number of methoxy groups -OCH3 is 1. The first-order chi connectivity index (χ1) is 8.90. The molecular weight excluding hydrogens is 332 g/mol. The van der Waals surface area contributed by atoms with Crippen LogP contribution in [0.4, 0.5) is 0 Å². The second-order valence-corrected chi connectivity index (χ2v) is 6.65. The average molecular weight is 351 g/mol. The number of nitrogens with zero attached hydrogens (tertiary/aromatic N) is 2. The molecule has 1 aromatic rings. The van der Waals surface area contributed by atoms with Crippen molar-refractivity contribution in [1.29, 1.82) is 0 Å². The van der Waals surface area contributed by atoms with E-state index < -0.39 is 10.8 Å². The summed E-state index contributed by atoms with van der Waals surface area (Å²) in [5.74, 6) is -0.00730. The van der Waals surface area contributed by atoms with Crippen LogP contribution in [-0.4, -0.2) is 32.8 Å². The number of carbonyl (C=O) groups is 1. The quantitative estimate of drug-likeness (QED) is 0.734. The Bertz CT molecular complexity index is 488. The molecule has 1 heterocycles. The minimum Gasteiger partial charge on any atom is -0.469 e. The predicted octanol–water partition coefficient (Wildman–Crippen LogP) is 1.80. The number of aromatic nitrogens is 2. The van der Waals surface area contributed by atoms with E-state index in [1.54, 1.807) is 11.6 Å². The lowest BCUT2D eigenvalue weighted by Crippen LogP contribution is -2.20. The fraction of sp³-hybridized carbons (Fsp3) is 0.667. The maximum absolute atomic E-state index is 12.1. The lowest BCUT2D eigenvalue weighted by molar-refractivity contribution is -0.144. The molecule has 108 valence electrons. The van der Waals surface area contributed by atoms with Crippen LogP contribution in [0.2, 0.25) is 0 Å². The predicted molar refractivity (Wildman–Crippen MR) is 78.2 cm³/mol. The molecule has 0 N–H and O–H groups in total. The summed E-state index contributed by atoms with van der Waals surface area (Å²) < 4.78 is 19.4. The van der Waals surface area contributed by atoms with Gasteiger partial charge in [-0.1, -0.05) is 13.8 Å². The van der Waals surface area contributed by atoms with Gasteiger partial charge in [0, 0.05) is 23.6 Å². The molecular formula is C12H19BrN2O3S. The first kappa shape index (κ1) is 16.4. The van der Waals surface area contributed by atoms with Gasteiger partial charge in [0.15, 0.2) is 0 Å². The summed E-state index contributed by atoms with van der Waals surface area (Å²) >= 11 is 3.49. The van der Waals surface area contributed by atoms with Crippen LogP contribution >= 0.6 is 15.9 Å². The fourth-order valence-corrected chi connectivity index (χ4v) is 4.13. The Labute approximate surface area is 124 Å². The molecule has 1 rings (SSSR count). The van der Waals surface area contributed by atoms with Crippen LogP contribution in [0, 0.1) is 5.92 Å². The Balaban J connectivity index is 2.72. The average Bonchev–Trinajstić information content (AvgIpc) is 2.64. The van der Waals surface area contributed by atoms with Gasteiger partial charge in [0.05, 0.1) is 34.6 Å². The molecule has 0 fully saturated rings. The maximum Gasteiger partial charge on any atom is 0.309 e. The van der Waals surface area contributed by atoms with Crippen molar-refractivity contribution in [3.05, 3.63) is 15.9 Å². The monoisotopic (exact) mass is 350 g/mol. The highest BCUT2D eigenvalue weighted by molar-refractivity contribution is 9.10. The molecule has 5 nitrogen and oxygen atoms in total. The van der Waals surface area contributed by atoms with Gasteiger partial charge < -0.3 is 4.74 Å². The Kier molecular flexibility index (Phi) is 6.19. The van der Waals surface area contributed by atoms with E-state index in [4.69, 9.17) is 0 Å². The number of esters is 1. The number of halogens is 1. The van der Waals surface area contributed by atoms with Crippen molar-refractivity contribution in [3.8, 4) is 0 Å². The van der Waals surface area contributed by atoms with Gasteiger partial charge in [-0.2, -0.15) is 5.10 Å². The highest BCUT2D eigenvalue weighted by Crippen LogP contribution is 2.23. The molecule has 0 saturated carbocycles. The summed E-state index contributed by atoms with van der Waals surface area (Å²) in [6.07, 6.45) is 0.819. The number of aryl methyl sites for hydroxylation is 2. The zero-order valence-corrected chi connectivity index (χ0v) is 14.0. The van der Waals surface area contributed by atoms with Gasteiger partial charge in [0.25, 0.3) is 0 Å². The molecule has 0 aromatic carbocycles. The van der Waals surface area contributed by atoms with E-state index in [1.165, 1.54) is 7.11 Å². The number of ether oxygens (including phenoxy) is 1. The fourth-order valence-electron chi connectivity index (χ4n) is 1.74. The topological polar surface area (TPSA) is 61.2 Å². The van der Waals surface area contributed by atoms with Crippen molar-refractivity contribution >= 4 is 32.7 Å². The van der Waals surface area contributed by atoms with E-state index in [1.807, 2.05) is 14.0 Å². The van der Waals surface area contributed by atoms with Gasteiger partial charge in [-0.3, -0.25) is 13.7 Å². The first-order valence-electron chi connectivity index (χ1n) is 6.03. The van der Waals surface area contributed by atoms with Crippen LogP contribution in [0.1, 0.15) is 25.2 Å². The van der Waals surface area contributed by atoms with E-state index in [0.717, 1.165) is 22.3 Å². The molecule has 0 radical (unpaired) electrons. The van der Waals surface area contributed by atoms with Gasteiger partial charge in [-0.25, -0.2) is 0 Å². The van der Waals surface area contributed by atoms with Crippen molar-refractivity contribution in [3.63, 3.8) is 0 Å². The van der Waals surface area contributed by atoms with Crippen molar-refractivity contribution in [2.45, 2.75) is 26.0 Å². The Morgan fingerprint density at radius 1 is 1.58 bits per heavy atom. The molecule has 1 aromatic heterocycles. The van der Waals surface area contributed by atoms with E-state index in [0.29, 0.717) is 11.5 Å². The SMILES string of the molecule is CCc1nn(C)c(CS(=O)CC(C)C(=O)OC)c1Br. The third kappa shape index (κ3) is 4.14. The third-order valence-corrected chi connectivity index (χ3v) is 5.22. The number of carbonyl (C=O) groups excluding carboxylic acids is 1. The van der Waals surface area contributed by atoms with Gasteiger partial charge in [0.2, 0.25) is 0 Å². The van der Waals surface area contributed by atoms with Crippen molar-refractivity contribution in [2.24, 2.45) is 13.0 Å². The molecule has 0 amide bonds. The van der Waals surface area contributed by atoms with Crippen LogP contribution < -0.4 is 0 Å². The second-order valence-electron chi connectivity index (χ2n) is 4.36. The molecule has 7 heteroatoms. The summed E-state index contributed by atoms with van der Waals surface area (Å²) in [5, 5.41) is 4.36. The number of hydrogen-bond donors (Lipinski definition) is 0. The maximum atomic E-state index is 12.1. The standard InChI is InChI=1S/C12H19BrN2O3S/c1-5-9-11(13)10(15(3)14-9)7-19(17)6-8(2)12(16)18-4/h8H,5-7H2,1-4H3. The van der Waals surface area contributed by atoms with E-state index in [-0.39, 0.29) is 11.9 Å². The van der Waals surface area contributed by atoms with Gasteiger partial charge in [-0.05, 0) is 22.4 Å². The Morgan fingerprint density at radius 3 is 2.68 bits per heavy atom. The largest absolute Gasteiger partial charge is 0.469 e. The second kappa shape index (κ2) is 7.19. The molecule has 2 atom stereocenters. The minimum atomic E-state index is -1.12. The molecule has 0 aliphatic rings. The molecule has 0 aliphatic carbocycles. The summed E-state index contributed by atoms with van der Waals surface area (Å²) in [6.45, 7) is 3.74. The summed E-state index contributed by atoms with van der Waals surface area (Å²) in [7, 11) is 2.05. The normalized spacial score (nSPS) is 14.2. The minimum absolute atomic E-state index is 0.297. The van der Waals surface area contributed by atoms with Gasteiger partial charge in [-0.15, -0.1) is 0 Å². The van der Waals surface area contributed by atoms with Crippen molar-refractivity contribution < 1.29 is 13.7 Å². The Morgan fingerprint density at radius 2 is 2.21 bits per heavy atom. The molecule has 19 heavy (non-hydrogen) atoms. The number of rotatable bonds is 6. The van der Waals surface area contributed by atoms with Gasteiger partial charge in [0.1, 0.15) is 0 Å². The summed E-state index contributed by atoms with van der Waals surface area (Å²) in [4.78, 5) is 11.3. The third-order valence-electron chi connectivity index (χ3n) is 2.84. The summed E-state index contributed by atoms with van der Waals surface area (Å²) in [6, 6.07) is 0. The van der Waals surface area contributed by atoms with Crippen LogP contribution in [0.25, 0.3) is 0 Å². The lowest BCUT2D eigenvalue weighted by Gasteiger charge is -2.09.